The van der Waals surface area contributed by atoms with Crippen LogP contribution in [0.4, 0.5) is 43.4 Å². The van der Waals surface area contributed by atoms with Crippen molar-refractivity contribution in [1.29, 1.82) is 0 Å². The molecule has 4 aliphatic heterocycles. The second-order valence-electron chi connectivity index (χ2n) is 16.8. The minimum absolute atomic E-state index is 0.140. The molecule has 14 heteroatoms. The Morgan fingerprint density at radius 2 is 1.00 bits per heavy atom. The number of anilines is 6. The summed E-state index contributed by atoms with van der Waals surface area (Å²) in [5.74, 6) is 2.88. The van der Waals surface area contributed by atoms with Gasteiger partial charge in [-0.15, -0.1) is 0 Å². The monoisotopic (exact) mass is 809 g/mol. The van der Waals surface area contributed by atoms with Gasteiger partial charge in [0.25, 0.3) is 0 Å². The summed E-state index contributed by atoms with van der Waals surface area (Å²) in [6, 6.07) is 14.6. The third kappa shape index (κ3) is 10.7. The molecule has 4 aromatic rings. The summed E-state index contributed by atoms with van der Waals surface area (Å²) < 4.78 is 30.9. The van der Waals surface area contributed by atoms with Gasteiger partial charge in [0.15, 0.2) is 0 Å². The van der Waals surface area contributed by atoms with Crippen LogP contribution in [-0.4, -0.2) is 133 Å². The third-order valence-corrected chi connectivity index (χ3v) is 12.4. The lowest BCUT2D eigenvalue weighted by atomic mass is 10.00. The molecule has 0 saturated carbocycles. The average Bonchev–Trinajstić information content (AvgIpc) is 3.26. The van der Waals surface area contributed by atoms with E-state index in [0.717, 1.165) is 139 Å². The second-order valence-corrected chi connectivity index (χ2v) is 16.8. The predicted octanol–water partition coefficient (Wildman–Crippen LogP) is 6.83. The quantitative estimate of drug-likeness (QED) is 0.140. The Morgan fingerprint density at radius 3 is 1.46 bits per heavy atom. The Bertz CT molecular complexity index is 1970. The van der Waals surface area contributed by atoms with E-state index in [1.54, 1.807) is 24.8 Å². The van der Waals surface area contributed by atoms with Gasteiger partial charge in [0.1, 0.15) is 47.6 Å². The average molecular weight is 809 g/mol. The molecule has 4 aliphatic rings. The summed E-state index contributed by atoms with van der Waals surface area (Å²) in [5.41, 5.74) is 2.94. The molecule has 2 aromatic carbocycles. The first-order valence-electron chi connectivity index (χ1n) is 22.1. The number of nitrogens with zero attached hydrogens (tertiary/aromatic N) is 10. The van der Waals surface area contributed by atoms with Gasteiger partial charge >= 0.3 is 0 Å². The molecule has 2 aromatic heterocycles. The van der Waals surface area contributed by atoms with Crippen LogP contribution in [-0.2, 0) is 0 Å². The van der Waals surface area contributed by atoms with Crippen molar-refractivity contribution in [2.24, 2.45) is 0 Å². The maximum Gasteiger partial charge on any atom is 0.134 e. The van der Waals surface area contributed by atoms with Crippen molar-refractivity contribution in [3.63, 3.8) is 0 Å². The first kappa shape index (κ1) is 40.9. The van der Waals surface area contributed by atoms with Crippen LogP contribution in [0.25, 0.3) is 11.1 Å². The maximum absolute atomic E-state index is 15.4. The fourth-order valence-electron chi connectivity index (χ4n) is 9.22. The molecule has 4 saturated heterocycles. The number of unbranched alkanes of at least 4 members (excludes halogenated alkanes) is 1. The van der Waals surface area contributed by atoms with E-state index in [1.165, 1.54) is 31.4 Å². The molecule has 6 heterocycles. The molecule has 8 rings (SSSR count). The molecule has 0 radical (unpaired) electrons. The molecule has 0 amide bonds. The van der Waals surface area contributed by atoms with Crippen molar-refractivity contribution in [2.75, 3.05) is 122 Å². The lowest BCUT2D eigenvalue weighted by Gasteiger charge is -2.36. The first-order chi connectivity index (χ1) is 28.9. The van der Waals surface area contributed by atoms with E-state index in [-0.39, 0.29) is 23.7 Å². The lowest BCUT2D eigenvalue weighted by Crippen LogP contribution is -2.47. The van der Waals surface area contributed by atoms with Crippen LogP contribution >= 0.6 is 0 Å². The molecule has 0 unspecified atom stereocenters. The van der Waals surface area contributed by atoms with Crippen molar-refractivity contribution < 1.29 is 8.78 Å². The van der Waals surface area contributed by atoms with Crippen LogP contribution in [0.15, 0.2) is 61.2 Å². The van der Waals surface area contributed by atoms with E-state index < -0.39 is 0 Å². The van der Waals surface area contributed by atoms with Crippen LogP contribution in [0.1, 0.15) is 58.8 Å². The molecule has 2 atom stereocenters. The fraction of sp³-hybridized carbons (Fsp3) is 0.556. The highest BCUT2D eigenvalue weighted by molar-refractivity contribution is 5.73. The smallest absolute Gasteiger partial charge is 0.134 e. The van der Waals surface area contributed by atoms with E-state index >= 15 is 8.78 Å². The van der Waals surface area contributed by atoms with E-state index in [1.807, 2.05) is 12.1 Å². The van der Waals surface area contributed by atoms with Gasteiger partial charge in [0.05, 0.1) is 0 Å². The molecule has 316 valence electrons. The normalized spacial score (nSPS) is 20.9. The molecule has 0 bridgehead atoms. The highest BCUT2D eigenvalue weighted by atomic mass is 19.1. The Kier molecular flexibility index (Phi) is 13.5. The van der Waals surface area contributed by atoms with Crippen molar-refractivity contribution in [3.8, 4) is 11.1 Å². The van der Waals surface area contributed by atoms with Crippen molar-refractivity contribution in [2.45, 2.75) is 70.9 Å². The zero-order chi connectivity index (χ0) is 40.6. The van der Waals surface area contributed by atoms with Gasteiger partial charge in [0.2, 0.25) is 0 Å². The Labute approximate surface area is 349 Å². The van der Waals surface area contributed by atoms with Crippen LogP contribution in [0.3, 0.4) is 0 Å². The number of piperidine rings is 2. The lowest BCUT2D eigenvalue weighted by molar-refractivity contribution is 0.253. The number of nitrogens with one attached hydrogen (secondary N) is 2. The van der Waals surface area contributed by atoms with Crippen LogP contribution in [0.5, 0.6) is 0 Å². The van der Waals surface area contributed by atoms with Crippen LogP contribution in [0.2, 0.25) is 0 Å². The van der Waals surface area contributed by atoms with Crippen molar-refractivity contribution >= 4 is 34.6 Å². The van der Waals surface area contributed by atoms with Gasteiger partial charge in [-0.2, -0.15) is 0 Å². The Morgan fingerprint density at radius 1 is 0.525 bits per heavy atom. The second kappa shape index (κ2) is 19.5. The van der Waals surface area contributed by atoms with E-state index in [4.69, 9.17) is 0 Å². The SMILES string of the molecule is CCCCN1CCN(c2cc(N[C@@H]3CCCN(c4cc(F)cc(-c5cc(F)cc(N6CCC[C@@H](Nc7cc(N8CCN(CCC)CC8)ncn7)C6)c5)c4)C3)ncn2)CC1. The summed E-state index contributed by atoms with van der Waals surface area (Å²) in [6.45, 7) is 17.9. The summed E-state index contributed by atoms with van der Waals surface area (Å²) in [4.78, 5) is 32.5. The zero-order valence-electron chi connectivity index (χ0n) is 35.0. The van der Waals surface area contributed by atoms with E-state index in [0.29, 0.717) is 24.2 Å². The molecule has 0 spiro atoms. The van der Waals surface area contributed by atoms with E-state index in [2.05, 4.69) is 85.9 Å². The molecular weight excluding hydrogens is 747 g/mol. The summed E-state index contributed by atoms with van der Waals surface area (Å²) in [7, 11) is 0. The van der Waals surface area contributed by atoms with Crippen LogP contribution < -0.4 is 30.2 Å². The topological polar surface area (TPSA) is 95.1 Å². The van der Waals surface area contributed by atoms with Gasteiger partial charge in [-0.05, 0) is 99.1 Å². The Balaban J connectivity index is 0.900. The highest BCUT2D eigenvalue weighted by Gasteiger charge is 2.25. The minimum atomic E-state index is -0.331. The summed E-state index contributed by atoms with van der Waals surface area (Å²) in [6.07, 6.45) is 10.8. The van der Waals surface area contributed by atoms with Gasteiger partial charge in [-0.3, -0.25) is 9.80 Å². The number of hydrogen-bond acceptors (Lipinski definition) is 12. The van der Waals surface area contributed by atoms with E-state index in [9.17, 15) is 0 Å². The molecule has 0 aliphatic carbocycles. The Hall–Kier alpha value is -4.82. The van der Waals surface area contributed by atoms with Crippen LogP contribution in [0, 0.1) is 11.6 Å². The largest absolute Gasteiger partial charge is 0.369 e. The van der Waals surface area contributed by atoms with Gasteiger partial charge in [0, 0.05) is 114 Å². The summed E-state index contributed by atoms with van der Waals surface area (Å²) >= 11 is 0. The zero-order valence-corrected chi connectivity index (χ0v) is 35.0. The predicted molar refractivity (Wildman–Crippen MR) is 236 cm³/mol. The number of aromatic nitrogens is 4. The summed E-state index contributed by atoms with van der Waals surface area (Å²) in [5, 5.41) is 7.31. The number of halogens is 2. The molecule has 12 nitrogen and oxygen atoms in total. The number of rotatable bonds is 14. The molecule has 4 fully saturated rings. The van der Waals surface area contributed by atoms with Crippen molar-refractivity contribution in [3.05, 3.63) is 72.8 Å². The number of benzene rings is 2. The fourth-order valence-corrected chi connectivity index (χ4v) is 9.22. The van der Waals surface area contributed by atoms with Gasteiger partial charge in [-0.25, -0.2) is 28.7 Å². The number of piperazine rings is 2. The third-order valence-electron chi connectivity index (χ3n) is 12.4. The maximum atomic E-state index is 15.4. The molecular formula is C45H62F2N12. The number of hydrogen-bond donors (Lipinski definition) is 2. The van der Waals surface area contributed by atoms with Gasteiger partial charge in [-0.1, -0.05) is 20.3 Å². The van der Waals surface area contributed by atoms with Gasteiger partial charge < -0.3 is 30.2 Å². The van der Waals surface area contributed by atoms with Crippen molar-refractivity contribution in [1.82, 2.24) is 29.7 Å². The molecule has 2 N–H and O–H groups in total. The molecule has 59 heavy (non-hydrogen) atoms. The standard InChI is InChI=1S/C45H62F2N12/c1-3-5-11-55-16-20-57(21-17-55)45-29-43(49-33-51-45)53-39-9-7-13-59(31-39)41-25-35(23-37(47)27-41)34-22-36(46)26-40(24-34)58-12-6-8-38(30-58)52-42-28-44(50-32-48-42)56-18-14-54(10-4-2)15-19-56/h22-29,32-33,38-39H,3-21,30-31H2,1-2H3,(H,48,50,52)(H,49,51,53)/t38-,39-/m1/s1. The highest BCUT2D eigenvalue weighted by Crippen LogP contribution is 2.33. The first-order valence-corrected chi connectivity index (χ1v) is 22.1. The minimum Gasteiger partial charge on any atom is -0.369 e.